The summed E-state index contributed by atoms with van der Waals surface area (Å²) < 4.78 is 5.02. The molecule has 0 radical (unpaired) electrons. The lowest BCUT2D eigenvalue weighted by Crippen LogP contribution is -2.25. The van der Waals surface area contributed by atoms with E-state index in [1.165, 1.54) is 5.56 Å². The molecule has 0 aliphatic carbocycles. The van der Waals surface area contributed by atoms with Crippen LogP contribution in [0.5, 0.6) is 0 Å². The molecular formula is C15H22O3. The highest BCUT2D eigenvalue weighted by molar-refractivity contribution is 5.70. The molecule has 0 saturated heterocycles. The van der Waals surface area contributed by atoms with E-state index < -0.39 is 5.97 Å². The molecule has 18 heavy (non-hydrogen) atoms. The van der Waals surface area contributed by atoms with Crippen LogP contribution in [-0.2, 0) is 16.0 Å². The second kappa shape index (κ2) is 7.17. The van der Waals surface area contributed by atoms with Crippen LogP contribution in [0.1, 0.15) is 24.5 Å². The molecule has 0 bridgehead atoms. The molecule has 3 heteroatoms. The zero-order valence-electron chi connectivity index (χ0n) is 11.3. The van der Waals surface area contributed by atoms with Crippen LogP contribution in [-0.4, -0.2) is 24.8 Å². The SMILES string of the molecule is COCCC(C)C(Cc1ccc(C)cc1)C(=O)O. The number of methoxy groups -OCH3 is 1. The number of rotatable bonds is 7. The molecule has 0 aliphatic heterocycles. The second-order valence-electron chi connectivity index (χ2n) is 4.89. The van der Waals surface area contributed by atoms with E-state index in [1.54, 1.807) is 7.11 Å². The van der Waals surface area contributed by atoms with E-state index in [1.807, 2.05) is 38.1 Å². The Bertz CT molecular complexity index is 370. The summed E-state index contributed by atoms with van der Waals surface area (Å²) in [6.45, 7) is 4.62. The van der Waals surface area contributed by atoms with Gasteiger partial charge >= 0.3 is 5.97 Å². The predicted molar refractivity (Wildman–Crippen MR) is 71.7 cm³/mol. The first-order chi connectivity index (χ1) is 8.54. The first-order valence-electron chi connectivity index (χ1n) is 6.32. The number of ether oxygens (including phenoxy) is 1. The Kier molecular flexibility index (Phi) is 5.86. The average molecular weight is 250 g/mol. The Labute approximate surface area is 109 Å². The number of carboxylic acids is 1. The fourth-order valence-corrected chi connectivity index (χ4v) is 2.01. The number of hydrogen-bond donors (Lipinski definition) is 1. The van der Waals surface area contributed by atoms with Gasteiger partial charge in [0.1, 0.15) is 0 Å². The molecule has 0 spiro atoms. The van der Waals surface area contributed by atoms with Gasteiger partial charge in [0.15, 0.2) is 0 Å². The summed E-state index contributed by atoms with van der Waals surface area (Å²) in [5.74, 6) is -0.953. The summed E-state index contributed by atoms with van der Waals surface area (Å²) in [4.78, 5) is 11.3. The van der Waals surface area contributed by atoms with E-state index in [0.717, 1.165) is 12.0 Å². The summed E-state index contributed by atoms with van der Waals surface area (Å²) in [5.41, 5.74) is 2.27. The van der Waals surface area contributed by atoms with E-state index in [9.17, 15) is 9.90 Å². The average Bonchev–Trinajstić information content (AvgIpc) is 2.34. The Morgan fingerprint density at radius 2 is 1.94 bits per heavy atom. The van der Waals surface area contributed by atoms with Crippen molar-refractivity contribution in [3.63, 3.8) is 0 Å². The molecule has 100 valence electrons. The van der Waals surface area contributed by atoms with Gasteiger partial charge in [-0.25, -0.2) is 0 Å². The Morgan fingerprint density at radius 1 is 1.33 bits per heavy atom. The van der Waals surface area contributed by atoms with Gasteiger partial charge in [-0.15, -0.1) is 0 Å². The highest BCUT2D eigenvalue weighted by Crippen LogP contribution is 2.21. The summed E-state index contributed by atoms with van der Waals surface area (Å²) in [7, 11) is 1.64. The van der Waals surface area contributed by atoms with Crippen LogP contribution in [0.25, 0.3) is 0 Å². The van der Waals surface area contributed by atoms with Gasteiger partial charge < -0.3 is 9.84 Å². The van der Waals surface area contributed by atoms with Gasteiger partial charge in [0.05, 0.1) is 5.92 Å². The van der Waals surface area contributed by atoms with Crippen molar-refractivity contribution in [1.82, 2.24) is 0 Å². The third kappa shape index (κ3) is 4.49. The molecular weight excluding hydrogens is 228 g/mol. The van der Waals surface area contributed by atoms with Crippen LogP contribution in [0.3, 0.4) is 0 Å². The minimum absolute atomic E-state index is 0.115. The summed E-state index contributed by atoms with van der Waals surface area (Å²) >= 11 is 0. The molecule has 0 heterocycles. The monoisotopic (exact) mass is 250 g/mol. The maximum atomic E-state index is 11.3. The van der Waals surface area contributed by atoms with Crippen molar-refractivity contribution in [3.8, 4) is 0 Å². The Hall–Kier alpha value is -1.35. The highest BCUT2D eigenvalue weighted by atomic mass is 16.5. The molecule has 0 saturated carbocycles. The topological polar surface area (TPSA) is 46.5 Å². The molecule has 1 aromatic rings. The van der Waals surface area contributed by atoms with Crippen molar-refractivity contribution in [1.29, 1.82) is 0 Å². The molecule has 0 aliphatic rings. The molecule has 0 aromatic heterocycles. The number of aliphatic carboxylic acids is 1. The zero-order valence-corrected chi connectivity index (χ0v) is 11.3. The summed E-state index contributed by atoms with van der Waals surface area (Å²) in [6.07, 6.45) is 1.36. The Balaban J connectivity index is 2.68. The molecule has 2 atom stereocenters. The number of benzene rings is 1. The van der Waals surface area contributed by atoms with Crippen molar-refractivity contribution < 1.29 is 14.6 Å². The number of aryl methyl sites for hydroxylation is 1. The zero-order chi connectivity index (χ0) is 13.5. The second-order valence-corrected chi connectivity index (χ2v) is 4.89. The molecule has 2 unspecified atom stereocenters. The minimum Gasteiger partial charge on any atom is -0.481 e. The third-order valence-corrected chi connectivity index (χ3v) is 3.36. The van der Waals surface area contributed by atoms with Gasteiger partial charge in [0.2, 0.25) is 0 Å². The van der Waals surface area contributed by atoms with Crippen molar-refractivity contribution in [2.45, 2.75) is 26.7 Å². The van der Waals surface area contributed by atoms with E-state index in [-0.39, 0.29) is 11.8 Å². The lowest BCUT2D eigenvalue weighted by Gasteiger charge is -2.20. The lowest BCUT2D eigenvalue weighted by atomic mass is 9.86. The first kappa shape index (κ1) is 14.7. The molecule has 1 rings (SSSR count). The van der Waals surface area contributed by atoms with Crippen LogP contribution >= 0.6 is 0 Å². The van der Waals surface area contributed by atoms with Crippen LogP contribution in [0.4, 0.5) is 0 Å². The fourth-order valence-electron chi connectivity index (χ4n) is 2.01. The number of carboxylic acid groups (broad SMARTS) is 1. The van der Waals surface area contributed by atoms with Crippen LogP contribution in [0.15, 0.2) is 24.3 Å². The summed E-state index contributed by atoms with van der Waals surface area (Å²) in [5, 5.41) is 9.32. The van der Waals surface area contributed by atoms with Crippen molar-refractivity contribution in [2.24, 2.45) is 11.8 Å². The number of hydrogen-bond acceptors (Lipinski definition) is 2. The molecule has 0 fully saturated rings. The minimum atomic E-state index is -0.723. The van der Waals surface area contributed by atoms with Gasteiger partial charge in [-0.1, -0.05) is 36.8 Å². The Morgan fingerprint density at radius 3 is 2.44 bits per heavy atom. The first-order valence-corrected chi connectivity index (χ1v) is 6.32. The van der Waals surface area contributed by atoms with Crippen LogP contribution in [0, 0.1) is 18.8 Å². The molecule has 3 nitrogen and oxygen atoms in total. The third-order valence-electron chi connectivity index (χ3n) is 3.36. The smallest absolute Gasteiger partial charge is 0.307 e. The van der Waals surface area contributed by atoms with Crippen molar-refractivity contribution in [3.05, 3.63) is 35.4 Å². The standard InChI is InChI=1S/C15H22O3/c1-11-4-6-13(7-5-11)10-14(15(16)17)12(2)8-9-18-3/h4-7,12,14H,8-10H2,1-3H3,(H,16,17). The molecule has 1 aromatic carbocycles. The van der Waals surface area contributed by atoms with Crippen LogP contribution in [0.2, 0.25) is 0 Å². The highest BCUT2D eigenvalue weighted by Gasteiger charge is 2.24. The van der Waals surface area contributed by atoms with E-state index in [2.05, 4.69) is 0 Å². The van der Waals surface area contributed by atoms with E-state index in [0.29, 0.717) is 13.0 Å². The fraction of sp³-hybridized carbons (Fsp3) is 0.533. The maximum absolute atomic E-state index is 11.3. The molecule has 0 amide bonds. The number of carbonyl (C=O) groups is 1. The quantitative estimate of drug-likeness (QED) is 0.809. The molecule has 1 N–H and O–H groups in total. The predicted octanol–water partition coefficient (Wildman–Crippen LogP) is 2.91. The summed E-state index contributed by atoms with van der Waals surface area (Å²) in [6, 6.07) is 8.06. The van der Waals surface area contributed by atoms with Crippen LogP contribution < -0.4 is 0 Å². The van der Waals surface area contributed by atoms with Crippen molar-refractivity contribution >= 4 is 5.97 Å². The van der Waals surface area contributed by atoms with Gasteiger partial charge in [-0.3, -0.25) is 4.79 Å². The van der Waals surface area contributed by atoms with E-state index in [4.69, 9.17) is 4.74 Å². The maximum Gasteiger partial charge on any atom is 0.307 e. The van der Waals surface area contributed by atoms with Gasteiger partial charge in [-0.05, 0) is 31.2 Å². The lowest BCUT2D eigenvalue weighted by molar-refractivity contribution is -0.143. The van der Waals surface area contributed by atoms with Gasteiger partial charge in [0.25, 0.3) is 0 Å². The van der Waals surface area contributed by atoms with Crippen molar-refractivity contribution in [2.75, 3.05) is 13.7 Å². The van der Waals surface area contributed by atoms with Gasteiger partial charge in [-0.2, -0.15) is 0 Å². The largest absolute Gasteiger partial charge is 0.481 e. The normalized spacial score (nSPS) is 14.2. The van der Waals surface area contributed by atoms with Gasteiger partial charge in [0, 0.05) is 13.7 Å². The van der Waals surface area contributed by atoms with E-state index >= 15 is 0 Å².